The summed E-state index contributed by atoms with van der Waals surface area (Å²) in [4.78, 5) is 2.61. The van der Waals surface area contributed by atoms with Gasteiger partial charge < -0.3 is 10.2 Å². The summed E-state index contributed by atoms with van der Waals surface area (Å²) in [6.45, 7) is 13.3. The molecule has 1 rings (SSSR count). The molecule has 94 valence electrons. The van der Waals surface area contributed by atoms with Crippen LogP contribution in [0.25, 0.3) is 0 Å². The summed E-state index contributed by atoms with van der Waals surface area (Å²) in [7, 11) is 0. The average Bonchev–Trinajstić information content (AvgIpc) is 2.28. The summed E-state index contributed by atoms with van der Waals surface area (Å²) in [6, 6.07) is 0.630. The number of nitrogens with zero attached hydrogens (tertiary/aromatic N) is 1. The fourth-order valence-corrected chi connectivity index (χ4v) is 2.28. The Labute approximate surface area is 101 Å². The molecule has 0 aromatic heterocycles. The summed E-state index contributed by atoms with van der Waals surface area (Å²) in [5, 5.41) is 3.55. The molecule has 2 nitrogen and oxygen atoms in total. The number of piperidine rings is 1. The number of hydrogen-bond acceptors (Lipinski definition) is 2. The van der Waals surface area contributed by atoms with Crippen molar-refractivity contribution in [3.63, 3.8) is 0 Å². The number of hydrogen-bond donors (Lipinski definition) is 1. The lowest BCUT2D eigenvalue weighted by Gasteiger charge is -2.32. The van der Waals surface area contributed by atoms with Crippen molar-refractivity contribution >= 4 is 0 Å². The van der Waals surface area contributed by atoms with E-state index in [9.17, 15) is 0 Å². The highest BCUT2D eigenvalue weighted by Gasteiger charge is 2.18. The van der Waals surface area contributed by atoms with E-state index >= 15 is 0 Å². The molecular formula is C14H28N2. The monoisotopic (exact) mass is 224 g/mol. The van der Waals surface area contributed by atoms with Gasteiger partial charge in [0.1, 0.15) is 0 Å². The van der Waals surface area contributed by atoms with Gasteiger partial charge in [0.05, 0.1) is 0 Å². The summed E-state index contributed by atoms with van der Waals surface area (Å²) in [5.74, 6) is 0.901. The molecule has 1 saturated heterocycles. The Morgan fingerprint density at radius 2 is 2.06 bits per heavy atom. The quantitative estimate of drug-likeness (QED) is 0.528. The van der Waals surface area contributed by atoms with Crippen molar-refractivity contribution in [1.82, 2.24) is 10.2 Å². The van der Waals surface area contributed by atoms with Crippen molar-refractivity contribution in [2.24, 2.45) is 5.92 Å². The van der Waals surface area contributed by atoms with E-state index in [-0.39, 0.29) is 0 Å². The van der Waals surface area contributed by atoms with E-state index in [2.05, 4.69) is 30.6 Å². The van der Waals surface area contributed by atoms with Crippen molar-refractivity contribution in [3.8, 4) is 0 Å². The van der Waals surface area contributed by atoms with Gasteiger partial charge in [-0.15, -0.1) is 6.58 Å². The van der Waals surface area contributed by atoms with E-state index in [1.807, 2.05) is 6.08 Å². The zero-order valence-electron chi connectivity index (χ0n) is 11.0. The van der Waals surface area contributed by atoms with Gasteiger partial charge in [-0.2, -0.15) is 0 Å². The van der Waals surface area contributed by atoms with Crippen LogP contribution in [0.5, 0.6) is 0 Å². The van der Waals surface area contributed by atoms with E-state index < -0.39 is 0 Å². The molecular weight excluding hydrogens is 196 g/mol. The van der Waals surface area contributed by atoms with Crippen molar-refractivity contribution < 1.29 is 0 Å². The van der Waals surface area contributed by atoms with Crippen LogP contribution < -0.4 is 5.32 Å². The summed E-state index contributed by atoms with van der Waals surface area (Å²) in [6.07, 6.45) is 7.20. The van der Waals surface area contributed by atoms with E-state index in [1.54, 1.807) is 0 Å². The maximum atomic E-state index is 3.77. The number of likely N-dealkylation sites (tertiary alicyclic amines) is 1. The molecule has 0 atom stereocenters. The lowest BCUT2D eigenvalue weighted by atomic mass is 9.96. The highest BCUT2D eigenvalue weighted by molar-refractivity contribution is 4.75. The smallest absolute Gasteiger partial charge is 0.00104 e. The molecule has 1 fully saturated rings. The van der Waals surface area contributed by atoms with Gasteiger partial charge >= 0.3 is 0 Å². The van der Waals surface area contributed by atoms with Gasteiger partial charge in [-0.25, -0.2) is 0 Å². The van der Waals surface area contributed by atoms with Gasteiger partial charge in [0, 0.05) is 6.04 Å². The molecule has 1 aliphatic rings. The molecule has 1 aliphatic heterocycles. The van der Waals surface area contributed by atoms with Crippen LogP contribution in [-0.4, -0.2) is 37.1 Å². The summed E-state index contributed by atoms with van der Waals surface area (Å²) >= 11 is 0. The van der Waals surface area contributed by atoms with Crippen molar-refractivity contribution in [1.29, 1.82) is 0 Å². The second-order valence-electron chi connectivity index (χ2n) is 5.28. The first-order valence-corrected chi connectivity index (χ1v) is 6.79. The minimum Gasteiger partial charge on any atom is -0.314 e. The predicted octanol–water partition coefficient (Wildman–Crippen LogP) is 2.66. The highest BCUT2D eigenvalue weighted by Crippen LogP contribution is 2.16. The number of unbranched alkanes of at least 4 members (excludes halogenated alkanes) is 1. The second kappa shape index (κ2) is 7.86. The average molecular weight is 224 g/mol. The Kier molecular flexibility index (Phi) is 6.74. The van der Waals surface area contributed by atoms with E-state index in [0.29, 0.717) is 6.04 Å². The Balaban J connectivity index is 2.06. The molecule has 0 bridgehead atoms. The van der Waals surface area contributed by atoms with Gasteiger partial charge in [0.15, 0.2) is 0 Å². The molecule has 0 aliphatic carbocycles. The van der Waals surface area contributed by atoms with Gasteiger partial charge in [-0.1, -0.05) is 19.9 Å². The standard InChI is InChI=1S/C14H28N2/c1-4-5-6-9-16-10-7-14(8-11-16)12-15-13(2)3/h4,13-15H,1,5-12H2,2-3H3. The normalized spacial score (nSPS) is 19.2. The van der Waals surface area contributed by atoms with Crippen LogP contribution in [-0.2, 0) is 0 Å². The molecule has 0 spiro atoms. The van der Waals surface area contributed by atoms with E-state index in [4.69, 9.17) is 0 Å². The third kappa shape index (κ3) is 5.66. The van der Waals surface area contributed by atoms with Gasteiger partial charge in [0.25, 0.3) is 0 Å². The number of rotatable bonds is 7. The molecule has 16 heavy (non-hydrogen) atoms. The first kappa shape index (κ1) is 13.7. The van der Waals surface area contributed by atoms with Crippen LogP contribution in [0.4, 0.5) is 0 Å². The topological polar surface area (TPSA) is 15.3 Å². The lowest BCUT2D eigenvalue weighted by Crippen LogP contribution is -2.39. The molecule has 2 heteroatoms. The molecule has 0 aromatic carbocycles. The van der Waals surface area contributed by atoms with Crippen LogP contribution in [0.15, 0.2) is 12.7 Å². The van der Waals surface area contributed by atoms with Crippen LogP contribution >= 0.6 is 0 Å². The third-order valence-electron chi connectivity index (χ3n) is 3.40. The van der Waals surface area contributed by atoms with Crippen LogP contribution in [0, 0.1) is 5.92 Å². The van der Waals surface area contributed by atoms with Crippen molar-refractivity contribution in [3.05, 3.63) is 12.7 Å². The molecule has 0 unspecified atom stereocenters. The van der Waals surface area contributed by atoms with Crippen LogP contribution in [0.1, 0.15) is 39.5 Å². The number of nitrogens with one attached hydrogen (secondary N) is 1. The molecule has 0 saturated carbocycles. The minimum absolute atomic E-state index is 0.630. The Morgan fingerprint density at radius 3 is 2.62 bits per heavy atom. The first-order chi connectivity index (χ1) is 7.72. The Bertz CT molecular complexity index is 181. The maximum absolute atomic E-state index is 3.77. The molecule has 0 radical (unpaired) electrons. The van der Waals surface area contributed by atoms with Gasteiger partial charge in [-0.05, 0) is 57.8 Å². The number of allylic oxidation sites excluding steroid dienone is 1. The minimum atomic E-state index is 0.630. The Morgan fingerprint density at radius 1 is 1.38 bits per heavy atom. The first-order valence-electron chi connectivity index (χ1n) is 6.79. The zero-order valence-corrected chi connectivity index (χ0v) is 11.0. The van der Waals surface area contributed by atoms with Crippen LogP contribution in [0.3, 0.4) is 0 Å². The third-order valence-corrected chi connectivity index (χ3v) is 3.40. The van der Waals surface area contributed by atoms with Crippen molar-refractivity contribution in [2.75, 3.05) is 26.2 Å². The largest absolute Gasteiger partial charge is 0.314 e. The fourth-order valence-electron chi connectivity index (χ4n) is 2.28. The van der Waals surface area contributed by atoms with Gasteiger partial charge in [-0.3, -0.25) is 0 Å². The van der Waals surface area contributed by atoms with E-state index in [1.165, 1.54) is 45.4 Å². The highest BCUT2D eigenvalue weighted by atomic mass is 15.1. The molecule has 0 amide bonds. The van der Waals surface area contributed by atoms with Crippen LogP contribution in [0.2, 0.25) is 0 Å². The second-order valence-corrected chi connectivity index (χ2v) is 5.28. The predicted molar refractivity (Wildman–Crippen MR) is 71.7 cm³/mol. The van der Waals surface area contributed by atoms with Gasteiger partial charge in [0.2, 0.25) is 0 Å². The SMILES string of the molecule is C=CCCCN1CCC(CNC(C)C)CC1. The van der Waals surface area contributed by atoms with E-state index in [0.717, 1.165) is 12.3 Å². The molecule has 1 heterocycles. The Hall–Kier alpha value is -0.340. The summed E-state index contributed by atoms with van der Waals surface area (Å²) in [5.41, 5.74) is 0. The maximum Gasteiger partial charge on any atom is 0.00104 e. The molecule has 0 aromatic rings. The zero-order chi connectivity index (χ0) is 11.8. The molecule has 1 N–H and O–H groups in total. The van der Waals surface area contributed by atoms with Crippen molar-refractivity contribution in [2.45, 2.75) is 45.6 Å². The fraction of sp³-hybridized carbons (Fsp3) is 0.857. The summed E-state index contributed by atoms with van der Waals surface area (Å²) < 4.78 is 0. The lowest BCUT2D eigenvalue weighted by molar-refractivity contribution is 0.179.